The quantitative estimate of drug-likeness (QED) is 0.693. The number of hydrogen-bond acceptors (Lipinski definition) is 4. The van der Waals surface area contributed by atoms with Crippen LogP contribution in [0.3, 0.4) is 0 Å². The number of benzene rings is 1. The van der Waals surface area contributed by atoms with E-state index >= 15 is 0 Å². The Hall–Kier alpha value is -1.84. The molecule has 2 saturated heterocycles. The first kappa shape index (κ1) is 20.4. The van der Waals surface area contributed by atoms with Crippen molar-refractivity contribution in [3.8, 4) is 5.75 Å². The molecule has 1 aromatic carbocycles. The van der Waals surface area contributed by atoms with Crippen molar-refractivity contribution in [2.45, 2.75) is 54.9 Å². The summed E-state index contributed by atoms with van der Waals surface area (Å²) in [5.74, 6) is 0.660. The molecule has 0 spiro atoms. The average Bonchev–Trinajstić information content (AvgIpc) is 2.94. The van der Waals surface area contributed by atoms with E-state index in [0.717, 1.165) is 12.1 Å². The summed E-state index contributed by atoms with van der Waals surface area (Å²) in [7, 11) is -4.08. The van der Waals surface area contributed by atoms with E-state index in [4.69, 9.17) is 16.3 Å². The Kier molecular flexibility index (Phi) is 5.25. The van der Waals surface area contributed by atoms with Crippen LogP contribution in [0.4, 0.5) is 13.2 Å². The van der Waals surface area contributed by atoms with Gasteiger partial charge in [0.15, 0.2) is 0 Å². The maximum absolute atomic E-state index is 13.2. The number of pyridine rings is 1. The molecule has 0 N–H and O–H groups in total. The molecule has 3 heterocycles. The zero-order chi connectivity index (χ0) is 20.8. The van der Waals surface area contributed by atoms with Gasteiger partial charge in [0, 0.05) is 37.3 Å². The normalized spacial score (nSPS) is 25.2. The Bertz CT molecular complexity index is 988. The number of piperidine rings is 1. The summed E-state index contributed by atoms with van der Waals surface area (Å²) in [6.45, 7) is 0. The van der Waals surface area contributed by atoms with Gasteiger partial charge >= 0.3 is 6.18 Å². The van der Waals surface area contributed by atoms with Crippen molar-refractivity contribution in [3.63, 3.8) is 0 Å². The van der Waals surface area contributed by atoms with Crippen LogP contribution in [-0.2, 0) is 16.2 Å². The van der Waals surface area contributed by atoms with Gasteiger partial charge in [-0.05, 0) is 43.2 Å². The molecule has 0 radical (unpaired) electrons. The van der Waals surface area contributed by atoms with Crippen molar-refractivity contribution >= 4 is 21.6 Å². The van der Waals surface area contributed by atoms with Gasteiger partial charge in [0.05, 0.1) is 15.5 Å². The summed E-state index contributed by atoms with van der Waals surface area (Å²) in [6, 6.07) is 5.58. The fourth-order valence-electron chi connectivity index (χ4n) is 4.19. The molecule has 1 aromatic heterocycles. The van der Waals surface area contributed by atoms with Gasteiger partial charge in [0.2, 0.25) is 10.0 Å². The highest BCUT2D eigenvalue weighted by Crippen LogP contribution is 2.42. The number of aromatic nitrogens is 1. The lowest BCUT2D eigenvalue weighted by atomic mass is 10.0. The molecule has 29 heavy (non-hydrogen) atoms. The molecular weight excluding hydrogens is 429 g/mol. The number of halogens is 4. The van der Waals surface area contributed by atoms with Crippen LogP contribution in [0.25, 0.3) is 0 Å². The van der Waals surface area contributed by atoms with Gasteiger partial charge in [-0.2, -0.15) is 17.5 Å². The third-order valence-electron chi connectivity index (χ3n) is 5.39. The van der Waals surface area contributed by atoms with Gasteiger partial charge < -0.3 is 4.74 Å². The van der Waals surface area contributed by atoms with E-state index < -0.39 is 26.8 Å². The van der Waals surface area contributed by atoms with Crippen molar-refractivity contribution in [1.29, 1.82) is 0 Å². The molecule has 2 aromatic rings. The lowest BCUT2D eigenvalue weighted by Crippen LogP contribution is -2.49. The van der Waals surface area contributed by atoms with Crippen LogP contribution in [0.15, 0.2) is 47.6 Å². The van der Waals surface area contributed by atoms with Crippen LogP contribution < -0.4 is 4.74 Å². The second-order valence-electron chi connectivity index (χ2n) is 7.25. The molecule has 2 atom stereocenters. The minimum Gasteiger partial charge on any atom is -0.490 e. The van der Waals surface area contributed by atoms with Crippen LogP contribution in [0.2, 0.25) is 5.02 Å². The Labute approximate surface area is 171 Å². The van der Waals surface area contributed by atoms with E-state index in [-0.39, 0.29) is 23.1 Å². The maximum Gasteiger partial charge on any atom is 0.417 e. The van der Waals surface area contributed by atoms with Crippen LogP contribution in [-0.4, -0.2) is 35.9 Å². The second-order valence-corrected chi connectivity index (χ2v) is 9.50. The molecule has 2 fully saturated rings. The van der Waals surface area contributed by atoms with Crippen molar-refractivity contribution in [2.75, 3.05) is 0 Å². The Morgan fingerprint density at radius 1 is 1.07 bits per heavy atom. The summed E-state index contributed by atoms with van der Waals surface area (Å²) in [4.78, 5) is 3.54. The van der Waals surface area contributed by atoms with Gasteiger partial charge in [-0.15, -0.1) is 0 Å². The molecule has 4 rings (SSSR count). The molecule has 156 valence electrons. The summed E-state index contributed by atoms with van der Waals surface area (Å²) < 4.78 is 73.2. The molecule has 2 bridgehead atoms. The number of rotatable bonds is 4. The third kappa shape index (κ3) is 3.95. The second kappa shape index (κ2) is 7.45. The largest absolute Gasteiger partial charge is 0.490 e. The zero-order valence-corrected chi connectivity index (χ0v) is 16.7. The van der Waals surface area contributed by atoms with Crippen molar-refractivity contribution in [2.24, 2.45) is 0 Å². The topological polar surface area (TPSA) is 59.5 Å². The van der Waals surface area contributed by atoms with Gasteiger partial charge in [0.25, 0.3) is 0 Å². The molecule has 2 unspecified atom stereocenters. The number of sulfonamides is 1. The van der Waals surface area contributed by atoms with Crippen LogP contribution in [0.1, 0.15) is 31.2 Å². The maximum atomic E-state index is 13.2. The van der Waals surface area contributed by atoms with Gasteiger partial charge in [0.1, 0.15) is 11.9 Å². The van der Waals surface area contributed by atoms with Gasteiger partial charge in [-0.1, -0.05) is 11.6 Å². The number of nitrogens with zero attached hydrogens (tertiary/aromatic N) is 2. The van der Waals surface area contributed by atoms with Crippen LogP contribution >= 0.6 is 11.6 Å². The SMILES string of the molecule is O=S(=O)(c1ccc(Cl)c(C(F)(F)F)c1)N1C2CCC1CC(Oc1ccncc1)C2. The molecule has 2 aliphatic heterocycles. The molecule has 0 aliphatic carbocycles. The van der Waals surface area contributed by atoms with Crippen molar-refractivity contribution < 1.29 is 26.3 Å². The highest BCUT2D eigenvalue weighted by molar-refractivity contribution is 7.89. The van der Waals surface area contributed by atoms with Crippen molar-refractivity contribution in [3.05, 3.63) is 53.3 Å². The monoisotopic (exact) mass is 446 g/mol. The third-order valence-corrected chi connectivity index (χ3v) is 7.72. The van der Waals surface area contributed by atoms with E-state index in [1.807, 2.05) is 0 Å². The van der Waals surface area contributed by atoms with E-state index in [1.54, 1.807) is 24.5 Å². The minimum absolute atomic E-state index is 0.155. The Balaban J connectivity index is 1.58. The van der Waals surface area contributed by atoms with Gasteiger partial charge in [-0.25, -0.2) is 8.42 Å². The van der Waals surface area contributed by atoms with Crippen LogP contribution in [0, 0.1) is 0 Å². The van der Waals surface area contributed by atoms with E-state index in [0.29, 0.717) is 37.5 Å². The predicted octanol–water partition coefficient (Wildman–Crippen LogP) is 4.52. The van der Waals surface area contributed by atoms with E-state index in [9.17, 15) is 21.6 Å². The minimum atomic E-state index is -4.73. The smallest absolute Gasteiger partial charge is 0.417 e. The highest BCUT2D eigenvalue weighted by atomic mass is 35.5. The average molecular weight is 447 g/mol. The van der Waals surface area contributed by atoms with Gasteiger partial charge in [-0.3, -0.25) is 4.98 Å². The first-order valence-electron chi connectivity index (χ1n) is 9.13. The fraction of sp³-hybridized carbons (Fsp3) is 0.421. The molecular formula is C19H18ClF3N2O3S. The number of fused-ring (bicyclic) bond motifs is 2. The Morgan fingerprint density at radius 2 is 1.69 bits per heavy atom. The number of hydrogen-bond donors (Lipinski definition) is 0. The first-order chi connectivity index (χ1) is 13.7. The summed E-state index contributed by atoms with van der Waals surface area (Å²) >= 11 is 5.63. The molecule has 10 heteroatoms. The Morgan fingerprint density at radius 3 is 2.28 bits per heavy atom. The highest BCUT2D eigenvalue weighted by Gasteiger charge is 2.48. The predicted molar refractivity (Wildman–Crippen MR) is 100 cm³/mol. The lowest BCUT2D eigenvalue weighted by molar-refractivity contribution is -0.137. The fourth-order valence-corrected chi connectivity index (χ4v) is 6.33. The van der Waals surface area contributed by atoms with E-state index in [2.05, 4.69) is 4.98 Å². The lowest BCUT2D eigenvalue weighted by Gasteiger charge is -2.37. The van der Waals surface area contributed by atoms with Crippen molar-refractivity contribution in [1.82, 2.24) is 9.29 Å². The molecule has 0 amide bonds. The molecule has 2 aliphatic rings. The van der Waals surface area contributed by atoms with E-state index in [1.165, 1.54) is 4.31 Å². The first-order valence-corrected chi connectivity index (χ1v) is 10.9. The number of ether oxygens (including phenoxy) is 1. The zero-order valence-electron chi connectivity index (χ0n) is 15.1. The molecule has 5 nitrogen and oxygen atoms in total. The number of alkyl halides is 3. The summed E-state index contributed by atoms with van der Waals surface area (Å²) in [5.41, 5.74) is -1.15. The summed E-state index contributed by atoms with van der Waals surface area (Å²) in [6.07, 6.45) is 0.615. The van der Waals surface area contributed by atoms with Crippen LogP contribution in [0.5, 0.6) is 5.75 Å². The standard InChI is InChI=1S/C19H18ClF3N2O3S/c20-18-4-3-16(11-17(18)19(21,22)23)29(26,27)25-12-1-2-13(25)10-15(9-12)28-14-5-7-24-8-6-14/h3-8,11-13,15H,1-2,9-10H2. The summed E-state index contributed by atoms with van der Waals surface area (Å²) in [5, 5.41) is -0.524. The molecule has 0 saturated carbocycles.